The van der Waals surface area contributed by atoms with Crippen LogP contribution < -0.4 is 10.3 Å². The van der Waals surface area contributed by atoms with Crippen molar-refractivity contribution in [3.8, 4) is 17.6 Å². The van der Waals surface area contributed by atoms with Crippen molar-refractivity contribution < 1.29 is 25.4 Å². The summed E-state index contributed by atoms with van der Waals surface area (Å²) in [6.07, 6.45) is 1.16. The number of aromatic hydroxyl groups is 1. The number of nitriles is 1. The predicted molar refractivity (Wildman–Crippen MR) is 75.1 cm³/mol. The number of anilines is 1. The monoisotopic (exact) mass is 306 g/mol. The number of hydrogen-bond donors (Lipinski definition) is 3. The molecule has 0 bridgehead atoms. The van der Waals surface area contributed by atoms with Crippen LogP contribution in [0.25, 0.3) is 6.08 Å². The first-order valence-corrected chi connectivity index (χ1v) is 6.48. The van der Waals surface area contributed by atoms with Crippen LogP contribution in [-0.4, -0.2) is 39.4 Å². The fraction of sp³-hybridized carbons (Fsp3) is 0.286. The standard InChI is InChI=1S/C14H17N3O5/c1-3-16(4-2)14(20)10(8-15)5-9-6-11(17(21)22)13(19)12(18)7-9/h5-7,18-19,21-22H,3-4H2,1-2H3/p-1. The number of amides is 1. The third-order valence-corrected chi connectivity index (χ3v) is 3.00. The summed E-state index contributed by atoms with van der Waals surface area (Å²) in [6, 6.07) is 3.82. The molecule has 3 N–H and O–H groups in total. The van der Waals surface area contributed by atoms with E-state index in [0.29, 0.717) is 13.1 Å². The van der Waals surface area contributed by atoms with Crippen molar-refractivity contribution in [2.24, 2.45) is 0 Å². The fourth-order valence-electron chi connectivity index (χ4n) is 1.84. The smallest absolute Gasteiger partial charge is 0.264 e. The van der Waals surface area contributed by atoms with Crippen LogP contribution >= 0.6 is 0 Å². The summed E-state index contributed by atoms with van der Waals surface area (Å²) in [4.78, 5) is 13.5. The minimum absolute atomic E-state index is 0.109. The first kappa shape index (κ1) is 17.3. The Labute approximate surface area is 127 Å². The van der Waals surface area contributed by atoms with Crippen LogP contribution in [0.4, 0.5) is 5.69 Å². The molecular formula is C14H16N3O5-. The molecule has 8 nitrogen and oxygen atoms in total. The summed E-state index contributed by atoms with van der Waals surface area (Å²) < 4.78 is 0. The molecule has 118 valence electrons. The average Bonchev–Trinajstić information content (AvgIpc) is 2.48. The van der Waals surface area contributed by atoms with E-state index in [1.165, 1.54) is 4.90 Å². The van der Waals surface area contributed by atoms with Crippen molar-refractivity contribution in [3.63, 3.8) is 0 Å². The van der Waals surface area contributed by atoms with Crippen molar-refractivity contribution in [2.75, 3.05) is 18.3 Å². The van der Waals surface area contributed by atoms with Gasteiger partial charge in [-0.2, -0.15) is 5.26 Å². The van der Waals surface area contributed by atoms with Crippen LogP contribution in [0, 0.1) is 11.3 Å². The normalized spacial score (nSPS) is 11.0. The molecule has 0 aromatic heterocycles. The van der Waals surface area contributed by atoms with Crippen LogP contribution in [0.5, 0.6) is 11.5 Å². The van der Waals surface area contributed by atoms with Crippen molar-refractivity contribution in [1.82, 2.24) is 4.90 Å². The number of carbonyl (C=O) groups excluding carboxylic acids is 1. The molecule has 0 fully saturated rings. The van der Waals surface area contributed by atoms with Gasteiger partial charge in [-0.05, 0) is 43.4 Å². The zero-order chi connectivity index (χ0) is 16.9. The second-order valence-electron chi connectivity index (χ2n) is 4.32. The van der Waals surface area contributed by atoms with Gasteiger partial charge in [-0.1, -0.05) is 0 Å². The Balaban J connectivity index is 3.30. The molecule has 0 heterocycles. The van der Waals surface area contributed by atoms with Gasteiger partial charge < -0.3 is 15.1 Å². The molecule has 0 saturated heterocycles. The molecule has 1 rings (SSSR count). The molecule has 22 heavy (non-hydrogen) atoms. The molecule has 0 spiro atoms. The van der Waals surface area contributed by atoms with Gasteiger partial charge in [0.25, 0.3) is 5.91 Å². The molecule has 0 aliphatic carbocycles. The number of phenolic OH excluding ortho intramolecular Hbond substituents is 1. The largest absolute Gasteiger partial charge is 0.868 e. The van der Waals surface area contributed by atoms with Gasteiger partial charge in [0.2, 0.25) is 0 Å². The maximum Gasteiger partial charge on any atom is 0.264 e. The Kier molecular flexibility index (Phi) is 5.74. The molecule has 0 aliphatic heterocycles. The zero-order valence-electron chi connectivity index (χ0n) is 12.1. The predicted octanol–water partition coefficient (Wildman–Crippen LogP) is 0.826. The van der Waals surface area contributed by atoms with E-state index >= 15 is 0 Å². The minimum atomic E-state index is -0.990. The lowest BCUT2D eigenvalue weighted by atomic mass is 10.1. The maximum atomic E-state index is 12.1. The van der Waals surface area contributed by atoms with E-state index in [9.17, 15) is 15.0 Å². The number of phenols is 1. The van der Waals surface area contributed by atoms with Crippen LogP contribution in [0.15, 0.2) is 17.7 Å². The highest BCUT2D eigenvalue weighted by atomic mass is 16.8. The first-order chi connectivity index (χ1) is 10.3. The third kappa shape index (κ3) is 3.66. The van der Waals surface area contributed by atoms with Crippen molar-refractivity contribution in [2.45, 2.75) is 13.8 Å². The zero-order valence-corrected chi connectivity index (χ0v) is 12.1. The molecule has 0 aliphatic rings. The quantitative estimate of drug-likeness (QED) is 0.417. The average molecular weight is 306 g/mol. The number of nitrogens with zero attached hydrogens (tertiary/aromatic N) is 3. The van der Waals surface area contributed by atoms with Gasteiger partial charge >= 0.3 is 0 Å². The molecule has 0 atom stereocenters. The van der Waals surface area contributed by atoms with Crippen molar-refractivity contribution >= 4 is 17.7 Å². The molecular weight excluding hydrogens is 290 g/mol. The van der Waals surface area contributed by atoms with E-state index < -0.39 is 28.3 Å². The minimum Gasteiger partial charge on any atom is -0.868 e. The molecule has 1 amide bonds. The summed E-state index contributed by atoms with van der Waals surface area (Å²) in [7, 11) is 0. The summed E-state index contributed by atoms with van der Waals surface area (Å²) in [5.41, 5.74) is -0.689. The Bertz CT molecular complexity index is 630. The highest BCUT2D eigenvalue weighted by molar-refractivity contribution is 6.01. The number of benzene rings is 1. The molecule has 0 radical (unpaired) electrons. The van der Waals surface area contributed by atoms with E-state index in [0.717, 1.165) is 18.2 Å². The van der Waals surface area contributed by atoms with Gasteiger partial charge in [-0.15, -0.1) is 5.23 Å². The van der Waals surface area contributed by atoms with E-state index in [4.69, 9.17) is 15.7 Å². The van der Waals surface area contributed by atoms with Crippen LogP contribution in [0.2, 0.25) is 0 Å². The van der Waals surface area contributed by atoms with Gasteiger partial charge in [-0.3, -0.25) is 15.2 Å². The first-order valence-electron chi connectivity index (χ1n) is 6.48. The second-order valence-corrected chi connectivity index (χ2v) is 4.32. The Morgan fingerprint density at radius 3 is 2.41 bits per heavy atom. The lowest BCUT2D eigenvalue weighted by Crippen LogP contribution is -2.31. The fourth-order valence-corrected chi connectivity index (χ4v) is 1.84. The van der Waals surface area contributed by atoms with Crippen LogP contribution in [0.1, 0.15) is 19.4 Å². The maximum absolute atomic E-state index is 12.1. The van der Waals surface area contributed by atoms with Crippen molar-refractivity contribution in [3.05, 3.63) is 23.3 Å². The van der Waals surface area contributed by atoms with E-state index in [-0.39, 0.29) is 11.1 Å². The van der Waals surface area contributed by atoms with E-state index in [1.807, 2.05) is 0 Å². The highest BCUT2D eigenvalue weighted by Gasteiger charge is 2.16. The third-order valence-electron chi connectivity index (χ3n) is 3.00. The van der Waals surface area contributed by atoms with Crippen molar-refractivity contribution in [1.29, 1.82) is 5.26 Å². The molecule has 1 aromatic rings. The summed E-state index contributed by atoms with van der Waals surface area (Å²) in [6.45, 7) is 4.38. The van der Waals surface area contributed by atoms with Gasteiger partial charge in [0.15, 0.2) is 0 Å². The number of hydrogen-bond acceptors (Lipinski definition) is 7. The van der Waals surface area contributed by atoms with Gasteiger partial charge in [0.05, 0.1) is 5.69 Å². The lowest BCUT2D eigenvalue weighted by molar-refractivity contribution is -0.270. The molecule has 8 heteroatoms. The SMILES string of the molecule is CCN(CC)C(=O)C(C#N)=Cc1cc(O)c([O-])c(N(O)O)c1. The Morgan fingerprint density at radius 1 is 1.36 bits per heavy atom. The van der Waals surface area contributed by atoms with Crippen LogP contribution in [0.3, 0.4) is 0 Å². The topological polar surface area (TPSA) is 131 Å². The van der Waals surface area contributed by atoms with Gasteiger partial charge in [0, 0.05) is 13.1 Å². The highest BCUT2D eigenvalue weighted by Crippen LogP contribution is 2.34. The Morgan fingerprint density at radius 2 is 1.95 bits per heavy atom. The van der Waals surface area contributed by atoms with Gasteiger partial charge in [0.1, 0.15) is 17.4 Å². The summed E-state index contributed by atoms with van der Waals surface area (Å²) >= 11 is 0. The van der Waals surface area contributed by atoms with E-state index in [2.05, 4.69) is 0 Å². The number of rotatable bonds is 5. The summed E-state index contributed by atoms with van der Waals surface area (Å²) in [5.74, 6) is -2.22. The number of likely N-dealkylation sites (N-methyl/N-ethyl adjacent to an activating group) is 1. The lowest BCUT2D eigenvalue weighted by Gasteiger charge is -2.20. The molecule has 0 saturated carbocycles. The molecule has 0 unspecified atom stereocenters. The molecule has 1 aromatic carbocycles. The Hall–Kier alpha value is -2.76. The van der Waals surface area contributed by atoms with E-state index in [1.54, 1.807) is 19.9 Å². The second kappa shape index (κ2) is 7.31. The summed E-state index contributed by atoms with van der Waals surface area (Å²) in [5, 5.41) is 47.5. The van der Waals surface area contributed by atoms with Gasteiger partial charge in [-0.25, -0.2) is 0 Å². The van der Waals surface area contributed by atoms with Crippen LogP contribution in [-0.2, 0) is 4.79 Å². The number of carbonyl (C=O) groups is 1.